The largest absolute Gasteiger partial charge is 0.352 e. The van der Waals surface area contributed by atoms with Gasteiger partial charge in [0.15, 0.2) is 0 Å². The molecule has 0 aliphatic heterocycles. The fourth-order valence-corrected chi connectivity index (χ4v) is 5.12. The molecule has 0 saturated heterocycles. The van der Waals surface area contributed by atoms with Crippen LogP contribution >= 0.6 is 0 Å². The molecule has 1 aromatic rings. The number of hydrogen-bond donors (Lipinski definition) is 2. The highest BCUT2D eigenvalue weighted by atomic mass is 32.2. The fraction of sp³-hybridized carbons (Fsp3) is 0.650. The van der Waals surface area contributed by atoms with Gasteiger partial charge in [0.2, 0.25) is 15.9 Å². The smallest absolute Gasteiger partial charge is 0.241 e. The molecule has 2 rings (SSSR count). The van der Waals surface area contributed by atoms with Gasteiger partial charge in [-0.3, -0.25) is 4.79 Å². The molecule has 5 nitrogen and oxygen atoms in total. The molecule has 1 amide bonds. The molecule has 0 radical (unpaired) electrons. The standard InChI is InChI=1S/C20H32N2O3S/c1-20(2,3)22-26(24,25)18-12-8-7-11-17(18)15-21-19(23)14-13-16-9-5-4-6-10-16/h7-8,11-12,16,22H,4-6,9-10,13-15H2,1-3H3,(H,21,23). The molecule has 0 spiro atoms. The quantitative estimate of drug-likeness (QED) is 0.757. The van der Waals surface area contributed by atoms with Crippen molar-refractivity contribution in [3.8, 4) is 0 Å². The van der Waals surface area contributed by atoms with Gasteiger partial charge in [-0.2, -0.15) is 0 Å². The Hall–Kier alpha value is -1.40. The predicted octanol–water partition coefficient (Wildman–Crippen LogP) is 3.74. The predicted molar refractivity (Wildman–Crippen MR) is 104 cm³/mol. The second-order valence-electron chi connectivity index (χ2n) is 8.28. The van der Waals surface area contributed by atoms with Gasteiger partial charge in [-0.25, -0.2) is 13.1 Å². The lowest BCUT2D eigenvalue weighted by molar-refractivity contribution is -0.121. The van der Waals surface area contributed by atoms with Crippen LogP contribution in [0.25, 0.3) is 0 Å². The number of sulfonamides is 1. The number of hydrogen-bond acceptors (Lipinski definition) is 3. The maximum absolute atomic E-state index is 12.6. The summed E-state index contributed by atoms with van der Waals surface area (Å²) in [5, 5.41) is 2.88. The molecule has 6 heteroatoms. The van der Waals surface area contributed by atoms with Gasteiger partial charge < -0.3 is 5.32 Å². The van der Waals surface area contributed by atoms with Crippen LogP contribution in [-0.4, -0.2) is 19.9 Å². The van der Waals surface area contributed by atoms with Crippen molar-refractivity contribution in [3.63, 3.8) is 0 Å². The second kappa shape index (κ2) is 9.00. The van der Waals surface area contributed by atoms with Crippen LogP contribution in [0.5, 0.6) is 0 Å². The van der Waals surface area contributed by atoms with Crippen molar-refractivity contribution in [2.24, 2.45) is 5.92 Å². The molecule has 0 atom stereocenters. The molecule has 0 unspecified atom stereocenters. The average molecular weight is 381 g/mol. The zero-order chi connectivity index (χ0) is 19.2. The van der Waals surface area contributed by atoms with Crippen LogP contribution in [0.4, 0.5) is 0 Å². The third-order valence-corrected chi connectivity index (χ3v) is 6.54. The number of nitrogens with one attached hydrogen (secondary N) is 2. The molecular weight excluding hydrogens is 348 g/mol. The third-order valence-electron chi connectivity index (χ3n) is 4.68. The maximum Gasteiger partial charge on any atom is 0.241 e. The molecular formula is C20H32N2O3S. The van der Waals surface area contributed by atoms with E-state index in [-0.39, 0.29) is 17.3 Å². The molecule has 1 fully saturated rings. The normalized spacial score (nSPS) is 16.4. The van der Waals surface area contributed by atoms with Crippen molar-refractivity contribution in [2.45, 2.75) is 82.7 Å². The summed E-state index contributed by atoms with van der Waals surface area (Å²) < 4.78 is 27.9. The highest BCUT2D eigenvalue weighted by Gasteiger charge is 2.24. The van der Waals surface area contributed by atoms with Crippen molar-refractivity contribution in [2.75, 3.05) is 0 Å². The number of amides is 1. The van der Waals surface area contributed by atoms with Crippen molar-refractivity contribution in [1.29, 1.82) is 0 Å². The van der Waals surface area contributed by atoms with Crippen LogP contribution < -0.4 is 10.0 Å². The van der Waals surface area contributed by atoms with Crippen molar-refractivity contribution < 1.29 is 13.2 Å². The first-order valence-electron chi connectivity index (χ1n) is 9.56. The van der Waals surface area contributed by atoms with E-state index in [4.69, 9.17) is 0 Å². The molecule has 1 aliphatic carbocycles. The van der Waals surface area contributed by atoms with Gasteiger partial charge in [0, 0.05) is 18.5 Å². The molecule has 0 aromatic heterocycles. The van der Waals surface area contributed by atoms with Gasteiger partial charge in [-0.15, -0.1) is 0 Å². The first kappa shape index (κ1) is 20.9. The summed E-state index contributed by atoms with van der Waals surface area (Å²) in [6.45, 7) is 5.64. The number of carbonyl (C=O) groups is 1. The molecule has 0 heterocycles. The minimum atomic E-state index is -3.63. The van der Waals surface area contributed by atoms with E-state index in [0.29, 0.717) is 17.9 Å². The highest BCUT2D eigenvalue weighted by molar-refractivity contribution is 7.89. The zero-order valence-electron chi connectivity index (χ0n) is 16.2. The van der Waals surface area contributed by atoms with Crippen molar-refractivity contribution in [1.82, 2.24) is 10.0 Å². The van der Waals surface area contributed by atoms with Crippen LogP contribution in [0.1, 0.15) is 71.3 Å². The fourth-order valence-electron chi connectivity index (χ4n) is 3.46. The highest BCUT2D eigenvalue weighted by Crippen LogP contribution is 2.27. The molecule has 26 heavy (non-hydrogen) atoms. The summed E-state index contributed by atoms with van der Waals surface area (Å²) in [5.41, 5.74) is 0.0464. The molecule has 1 saturated carbocycles. The van der Waals surface area contributed by atoms with Crippen LogP contribution in [0, 0.1) is 5.92 Å². The molecule has 1 aromatic carbocycles. The van der Waals surface area contributed by atoms with E-state index in [1.54, 1.807) is 45.0 Å². The molecule has 1 aliphatic rings. The minimum Gasteiger partial charge on any atom is -0.352 e. The number of carbonyl (C=O) groups excluding carboxylic acids is 1. The van der Waals surface area contributed by atoms with Crippen molar-refractivity contribution >= 4 is 15.9 Å². The molecule has 146 valence electrons. The van der Waals surface area contributed by atoms with Gasteiger partial charge in [0.05, 0.1) is 4.90 Å². The van der Waals surface area contributed by atoms with E-state index in [1.807, 2.05) is 0 Å². The van der Waals surface area contributed by atoms with Crippen molar-refractivity contribution in [3.05, 3.63) is 29.8 Å². The van der Waals surface area contributed by atoms with E-state index in [9.17, 15) is 13.2 Å². The topological polar surface area (TPSA) is 75.3 Å². The summed E-state index contributed by atoms with van der Waals surface area (Å²) in [4.78, 5) is 12.4. The van der Waals surface area contributed by atoms with E-state index in [1.165, 1.54) is 32.1 Å². The number of rotatable bonds is 7. The lowest BCUT2D eigenvalue weighted by Crippen LogP contribution is -2.41. The summed E-state index contributed by atoms with van der Waals surface area (Å²) in [5.74, 6) is 0.657. The summed E-state index contributed by atoms with van der Waals surface area (Å²) in [7, 11) is -3.63. The summed E-state index contributed by atoms with van der Waals surface area (Å²) in [6, 6.07) is 6.82. The van der Waals surface area contributed by atoms with E-state index in [0.717, 1.165) is 6.42 Å². The lowest BCUT2D eigenvalue weighted by Gasteiger charge is -2.22. The SMILES string of the molecule is CC(C)(C)NS(=O)(=O)c1ccccc1CNC(=O)CCC1CCCCC1. The summed E-state index contributed by atoms with van der Waals surface area (Å²) in [6.07, 6.45) is 7.77. The molecule has 0 bridgehead atoms. The van der Waals surface area contributed by atoms with Crippen LogP contribution in [0.15, 0.2) is 29.2 Å². The summed E-state index contributed by atoms with van der Waals surface area (Å²) >= 11 is 0. The Bertz CT molecular complexity index is 702. The zero-order valence-corrected chi connectivity index (χ0v) is 17.0. The Balaban J connectivity index is 1.94. The van der Waals surface area contributed by atoms with Crippen LogP contribution in [0.3, 0.4) is 0 Å². The van der Waals surface area contributed by atoms with Gasteiger partial charge in [-0.05, 0) is 44.7 Å². The van der Waals surface area contributed by atoms with Gasteiger partial charge in [0.25, 0.3) is 0 Å². The first-order chi connectivity index (χ1) is 12.2. The maximum atomic E-state index is 12.6. The minimum absolute atomic E-state index is 0.00782. The first-order valence-corrected chi connectivity index (χ1v) is 11.0. The Kier molecular flexibility index (Phi) is 7.24. The second-order valence-corrected chi connectivity index (χ2v) is 9.93. The van der Waals surface area contributed by atoms with E-state index >= 15 is 0 Å². The van der Waals surface area contributed by atoms with Crippen LogP contribution in [-0.2, 0) is 21.4 Å². The Morgan fingerprint density at radius 2 is 1.77 bits per heavy atom. The Morgan fingerprint density at radius 1 is 1.12 bits per heavy atom. The lowest BCUT2D eigenvalue weighted by atomic mass is 9.86. The molecule has 2 N–H and O–H groups in total. The Labute approximate surface area is 158 Å². The van der Waals surface area contributed by atoms with E-state index < -0.39 is 15.6 Å². The van der Waals surface area contributed by atoms with Gasteiger partial charge in [-0.1, -0.05) is 50.3 Å². The van der Waals surface area contributed by atoms with Gasteiger partial charge in [0.1, 0.15) is 0 Å². The van der Waals surface area contributed by atoms with Gasteiger partial charge >= 0.3 is 0 Å². The number of benzene rings is 1. The Morgan fingerprint density at radius 3 is 2.42 bits per heavy atom. The van der Waals surface area contributed by atoms with E-state index in [2.05, 4.69) is 10.0 Å². The third kappa shape index (κ3) is 6.72. The average Bonchev–Trinajstić information content (AvgIpc) is 2.57. The van der Waals surface area contributed by atoms with Crippen LogP contribution in [0.2, 0.25) is 0 Å². The monoisotopic (exact) mass is 380 g/mol.